The number of carbonyl (C=O) groups excluding carboxylic acids is 1. The number of nitrogens with one attached hydrogen (secondary N) is 2. The molecule has 1 aromatic heterocycles. The van der Waals surface area contributed by atoms with Crippen molar-refractivity contribution in [1.29, 1.82) is 0 Å². The molecule has 2 N–H and O–H groups in total. The first kappa shape index (κ1) is 19.4. The van der Waals surface area contributed by atoms with E-state index in [9.17, 15) is 4.79 Å². The van der Waals surface area contributed by atoms with Crippen LogP contribution in [0.1, 0.15) is 42.7 Å². The molecule has 5 nitrogen and oxygen atoms in total. The van der Waals surface area contributed by atoms with E-state index in [2.05, 4.69) is 29.5 Å². The van der Waals surface area contributed by atoms with Gasteiger partial charge in [0.1, 0.15) is 11.4 Å². The van der Waals surface area contributed by atoms with E-state index in [1.807, 2.05) is 61.5 Å². The van der Waals surface area contributed by atoms with Crippen LogP contribution in [0.5, 0.6) is 5.75 Å². The molecule has 0 saturated heterocycles. The van der Waals surface area contributed by atoms with Crippen LogP contribution in [0.15, 0.2) is 66.9 Å². The summed E-state index contributed by atoms with van der Waals surface area (Å²) in [7, 11) is 0. The number of nitrogens with zero attached hydrogens (tertiary/aromatic N) is 1. The van der Waals surface area contributed by atoms with Crippen LogP contribution in [0.4, 0.5) is 17.1 Å². The van der Waals surface area contributed by atoms with Crippen LogP contribution in [0.2, 0.25) is 0 Å². The number of aromatic nitrogens is 1. The van der Waals surface area contributed by atoms with Crippen LogP contribution in [-0.4, -0.2) is 17.5 Å². The molecule has 0 bridgehead atoms. The number of hydrogen-bond donors (Lipinski definition) is 2. The molecule has 0 radical (unpaired) electrons. The van der Waals surface area contributed by atoms with Crippen LogP contribution in [-0.2, 0) is 0 Å². The van der Waals surface area contributed by atoms with Crippen molar-refractivity contribution in [2.75, 3.05) is 17.2 Å². The second kappa shape index (κ2) is 9.04. The Hall–Kier alpha value is -3.34. The van der Waals surface area contributed by atoms with Gasteiger partial charge in [-0.05, 0) is 66.9 Å². The average molecular weight is 375 g/mol. The van der Waals surface area contributed by atoms with Gasteiger partial charge >= 0.3 is 0 Å². The standard InChI is InChI=1S/C23H25N3O2/c1-4-28-21-12-9-18(10-13-21)25-20-11-14-22(24-15-20)23(27)26-19-7-5-17(6-8-19)16(2)3/h5-16,25H,4H2,1-3H3,(H,26,27). The van der Waals surface area contributed by atoms with Crippen LogP contribution >= 0.6 is 0 Å². The Kier molecular flexibility index (Phi) is 6.27. The van der Waals surface area contributed by atoms with Crippen molar-refractivity contribution in [2.24, 2.45) is 0 Å². The van der Waals surface area contributed by atoms with E-state index in [0.29, 0.717) is 18.2 Å². The van der Waals surface area contributed by atoms with Crippen LogP contribution in [0, 0.1) is 0 Å². The molecule has 2 aromatic carbocycles. The Balaban J connectivity index is 1.60. The van der Waals surface area contributed by atoms with Gasteiger partial charge in [0.2, 0.25) is 0 Å². The molecule has 5 heteroatoms. The smallest absolute Gasteiger partial charge is 0.274 e. The van der Waals surface area contributed by atoms with E-state index in [0.717, 1.165) is 22.8 Å². The predicted octanol–water partition coefficient (Wildman–Crippen LogP) is 5.60. The van der Waals surface area contributed by atoms with Crippen LogP contribution < -0.4 is 15.4 Å². The highest BCUT2D eigenvalue weighted by molar-refractivity contribution is 6.02. The summed E-state index contributed by atoms with van der Waals surface area (Å²) in [5.41, 5.74) is 4.09. The van der Waals surface area contributed by atoms with E-state index >= 15 is 0 Å². The first-order valence-electron chi connectivity index (χ1n) is 9.42. The number of anilines is 3. The lowest BCUT2D eigenvalue weighted by molar-refractivity contribution is 0.102. The predicted molar refractivity (Wildman–Crippen MR) is 114 cm³/mol. The zero-order chi connectivity index (χ0) is 19.9. The number of carbonyl (C=O) groups is 1. The molecule has 28 heavy (non-hydrogen) atoms. The first-order valence-corrected chi connectivity index (χ1v) is 9.42. The molecule has 0 fully saturated rings. The lowest BCUT2D eigenvalue weighted by atomic mass is 10.0. The van der Waals surface area contributed by atoms with Crippen molar-refractivity contribution in [3.05, 3.63) is 78.1 Å². The Morgan fingerprint density at radius 3 is 2.14 bits per heavy atom. The molecular weight excluding hydrogens is 350 g/mol. The summed E-state index contributed by atoms with van der Waals surface area (Å²) < 4.78 is 5.44. The topological polar surface area (TPSA) is 63.2 Å². The van der Waals surface area contributed by atoms with E-state index in [4.69, 9.17) is 4.74 Å². The highest BCUT2D eigenvalue weighted by Crippen LogP contribution is 2.20. The normalized spacial score (nSPS) is 10.6. The van der Waals surface area contributed by atoms with Crippen molar-refractivity contribution in [2.45, 2.75) is 26.7 Å². The number of amides is 1. The minimum Gasteiger partial charge on any atom is -0.494 e. The zero-order valence-corrected chi connectivity index (χ0v) is 16.4. The minimum atomic E-state index is -0.232. The van der Waals surface area contributed by atoms with Gasteiger partial charge in [-0.1, -0.05) is 26.0 Å². The molecule has 0 atom stereocenters. The molecule has 0 aliphatic carbocycles. The lowest BCUT2D eigenvalue weighted by Crippen LogP contribution is -2.13. The fourth-order valence-electron chi connectivity index (χ4n) is 2.72. The number of benzene rings is 2. The third-order valence-electron chi connectivity index (χ3n) is 4.29. The number of ether oxygens (including phenoxy) is 1. The molecule has 144 valence electrons. The van der Waals surface area contributed by atoms with Crippen LogP contribution in [0.25, 0.3) is 0 Å². The van der Waals surface area contributed by atoms with Crippen molar-refractivity contribution in [3.8, 4) is 5.75 Å². The summed E-state index contributed by atoms with van der Waals surface area (Å²) in [5.74, 6) is 1.06. The van der Waals surface area contributed by atoms with Crippen molar-refractivity contribution in [1.82, 2.24) is 4.98 Å². The number of rotatable bonds is 7. The highest BCUT2D eigenvalue weighted by Gasteiger charge is 2.08. The molecular formula is C23H25N3O2. The Labute approximate surface area is 165 Å². The fourth-order valence-corrected chi connectivity index (χ4v) is 2.72. The third-order valence-corrected chi connectivity index (χ3v) is 4.29. The molecule has 3 rings (SSSR count). The fraction of sp³-hybridized carbons (Fsp3) is 0.217. The van der Waals surface area contributed by atoms with Gasteiger partial charge in [0.15, 0.2) is 0 Å². The van der Waals surface area contributed by atoms with Crippen molar-refractivity contribution in [3.63, 3.8) is 0 Å². The summed E-state index contributed by atoms with van der Waals surface area (Å²) >= 11 is 0. The molecule has 0 saturated carbocycles. The summed E-state index contributed by atoms with van der Waals surface area (Å²) in [4.78, 5) is 16.7. The van der Waals surface area contributed by atoms with E-state index in [-0.39, 0.29) is 5.91 Å². The molecule has 0 aliphatic rings. The van der Waals surface area contributed by atoms with Gasteiger partial charge in [-0.3, -0.25) is 4.79 Å². The average Bonchev–Trinajstić information content (AvgIpc) is 2.70. The quantitative estimate of drug-likeness (QED) is 0.564. The molecule has 0 aliphatic heterocycles. The van der Waals surface area contributed by atoms with E-state index in [1.54, 1.807) is 12.3 Å². The van der Waals surface area contributed by atoms with Gasteiger partial charge < -0.3 is 15.4 Å². The lowest BCUT2D eigenvalue weighted by Gasteiger charge is -2.10. The summed E-state index contributed by atoms with van der Waals surface area (Å²) in [6, 6.07) is 19.1. The second-order valence-electron chi connectivity index (χ2n) is 6.75. The van der Waals surface area contributed by atoms with Gasteiger partial charge in [0.05, 0.1) is 18.5 Å². The van der Waals surface area contributed by atoms with Crippen LogP contribution in [0.3, 0.4) is 0 Å². The summed E-state index contributed by atoms with van der Waals surface area (Å²) in [6.07, 6.45) is 1.65. The molecule has 0 spiro atoms. The van der Waals surface area contributed by atoms with Gasteiger partial charge in [0.25, 0.3) is 5.91 Å². The van der Waals surface area contributed by atoms with Crippen molar-refractivity contribution >= 4 is 23.0 Å². The minimum absolute atomic E-state index is 0.232. The number of hydrogen-bond acceptors (Lipinski definition) is 4. The van der Waals surface area contributed by atoms with Gasteiger partial charge in [0, 0.05) is 11.4 Å². The Bertz CT molecular complexity index is 902. The largest absolute Gasteiger partial charge is 0.494 e. The zero-order valence-electron chi connectivity index (χ0n) is 16.4. The summed E-state index contributed by atoms with van der Waals surface area (Å²) in [6.45, 7) is 6.87. The summed E-state index contributed by atoms with van der Waals surface area (Å²) in [5, 5.41) is 6.13. The highest BCUT2D eigenvalue weighted by atomic mass is 16.5. The SMILES string of the molecule is CCOc1ccc(Nc2ccc(C(=O)Nc3ccc(C(C)C)cc3)nc2)cc1. The molecule has 3 aromatic rings. The van der Waals surface area contributed by atoms with E-state index < -0.39 is 0 Å². The second-order valence-corrected chi connectivity index (χ2v) is 6.75. The van der Waals surface area contributed by atoms with Crippen molar-refractivity contribution < 1.29 is 9.53 Å². The maximum Gasteiger partial charge on any atom is 0.274 e. The molecule has 1 heterocycles. The third kappa shape index (κ3) is 5.10. The molecule has 0 unspecified atom stereocenters. The monoisotopic (exact) mass is 375 g/mol. The first-order chi connectivity index (χ1) is 13.5. The van der Waals surface area contributed by atoms with Gasteiger partial charge in [-0.25, -0.2) is 4.98 Å². The number of pyridine rings is 1. The molecule has 1 amide bonds. The Morgan fingerprint density at radius 1 is 0.929 bits per heavy atom. The van der Waals surface area contributed by atoms with Gasteiger partial charge in [-0.2, -0.15) is 0 Å². The maximum absolute atomic E-state index is 12.4. The van der Waals surface area contributed by atoms with E-state index in [1.165, 1.54) is 5.56 Å². The maximum atomic E-state index is 12.4. The van der Waals surface area contributed by atoms with Gasteiger partial charge in [-0.15, -0.1) is 0 Å². The Morgan fingerprint density at radius 2 is 1.57 bits per heavy atom.